The second-order valence-corrected chi connectivity index (χ2v) is 4.56. The van der Waals surface area contributed by atoms with Gasteiger partial charge < -0.3 is 16.8 Å². The first-order valence-electron chi connectivity index (χ1n) is 5.12. The van der Waals surface area contributed by atoms with Crippen molar-refractivity contribution in [2.45, 2.75) is 45.7 Å². The van der Waals surface area contributed by atoms with Crippen molar-refractivity contribution >= 4 is 0 Å². The Morgan fingerprint density at radius 1 is 1.31 bits per heavy atom. The highest BCUT2D eigenvalue weighted by Crippen LogP contribution is 2.14. The number of rotatable bonds is 6. The van der Waals surface area contributed by atoms with Crippen molar-refractivity contribution in [1.82, 2.24) is 5.32 Å². The van der Waals surface area contributed by atoms with Gasteiger partial charge in [0, 0.05) is 11.6 Å². The first kappa shape index (κ1) is 12.9. The van der Waals surface area contributed by atoms with Gasteiger partial charge in [-0.1, -0.05) is 13.8 Å². The molecule has 0 aliphatic rings. The summed E-state index contributed by atoms with van der Waals surface area (Å²) in [6.45, 7) is 10.3. The summed E-state index contributed by atoms with van der Waals surface area (Å²) in [6, 6.07) is 0.185. The van der Waals surface area contributed by atoms with Crippen molar-refractivity contribution in [1.29, 1.82) is 0 Å². The lowest BCUT2D eigenvalue weighted by Gasteiger charge is -2.35. The van der Waals surface area contributed by atoms with Crippen molar-refractivity contribution < 1.29 is 0 Å². The Bertz CT molecular complexity index is 132. The molecule has 1 atom stereocenters. The molecule has 0 saturated carbocycles. The van der Waals surface area contributed by atoms with Crippen LogP contribution in [-0.4, -0.2) is 24.7 Å². The van der Waals surface area contributed by atoms with E-state index in [4.69, 9.17) is 11.5 Å². The van der Waals surface area contributed by atoms with Crippen LogP contribution < -0.4 is 16.8 Å². The molecule has 80 valence electrons. The van der Waals surface area contributed by atoms with E-state index in [0.29, 0.717) is 5.92 Å². The van der Waals surface area contributed by atoms with Crippen LogP contribution in [0.25, 0.3) is 0 Å². The van der Waals surface area contributed by atoms with E-state index in [1.807, 2.05) is 0 Å². The van der Waals surface area contributed by atoms with Gasteiger partial charge in [-0.05, 0) is 39.3 Å². The van der Waals surface area contributed by atoms with Crippen LogP contribution in [0, 0.1) is 5.92 Å². The Kier molecular flexibility index (Phi) is 5.53. The van der Waals surface area contributed by atoms with Gasteiger partial charge in [0.05, 0.1) is 0 Å². The third-order valence-electron chi connectivity index (χ3n) is 2.51. The molecule has 3 nitrogen and oxygen atoms in total. The molecule has 0 aromatic heterocycles. The quantitative estimate of drug-likeness (QED) is 0.536. The fourth-order valence-corrected chi connectivity index (χ4v) is 1.46. The third-order valence-corrected chi connectivity index (χ3v) is 2.51. The molecule has 0 aliphatic heterocycles. The van der Waals surface area contributed by atoms with Gasteiger partial charge in [-0.3, -0.25) is 0 Å². The molecular formula is C10H25N3. The highest BCUT2D eigenvalue weighted by Gasteiger charge is 2.27. The monoisotopic (exact) mass is 187 g/mol. The van der Waals surface area contributed by atoms with Crippen LogP contribution in [0.4, 0.5) is 0 Å². The van der Waals surface area contributed by atoms with Gasteiger partial charge in [0.25, 0.3) is 0 Å². The largest absolute Gasteiger partial charge is 0.330 e. The smallest absolute Gasteiger partial charge is 0.0278 e. The summed E-state index contributed by atoms with van der Waals surface area (Å²) in [5, 5.41) is 3.44. The topological polar surface area (TPSA) is 64.1 Å². The fourth-order valence-electron chi connectivity index (χ4n) is 1.46. The van der Waals surface area contributed by atoms with E-state index in [9.17, 15) is 0 Å². The molecule has 0 saturated heterocycles. The molecule has 0 spiro atoms. The Hall–Kier alpha value is -0.120. The molecule has 0 radical (unpaired) electrons. The van der Waals surface area contributed by atoms with E-state index in [-0.39, 0.29) is 11.6 Å². The van der Waals surface area contributed by atoms with Gasteiger partial charge in [0.1, 0.15) is 0 Å². The second kappa shape index (κ2) is 5.58. The summed E-state index contributed by atoms with van der Waals surface area (Å²) in [4.78, 5) is 0. The number of nitrogens with one attached hydrogen (secondary N) is 1. The molecule has 1 unspecified atom stereocenters. The highest BCUT2D eigenvalue weighted by atomic mass is 15.0. The minimum Gasteiger partial charge on any atom is -0.330 e. The van der Waals surface area contributed by atoms with Crippen LogP contribution >= 0.6 is 0 Å². The predicted molar refractivity (Wildman–Crippen MR) is 58.6 cm³/mol. The Morgan fingerprint density at radius 3 is 2.23 bits per heavy atom. The van der Waals surface area contributed by atoms with Crippen LogP contribution in [0.3, 0.4) is 0 Å². The maximum atomic E-state index is 6.08. The lowest BCUT2D eigenvalue weighted by atomic mass is 9.87. The third kappa shape index (κ3) is 4.60. The molecule has 13 heavy (non-hydrogen) atoms. The summed E-state index contributed by atoms with van der Waals surface area (Å²) in [6.07, 6.45) is 1.01. The van der Waals surface area contributed by atoms with Gasteiger partial charge in [-0.25, -0.2) is 0 Å². The zero-order valence-corrected chi connectivity index (χ0v) is 9.43. The minimum atomic E-state index is 0.00331. The molecule has 0 aromatic rings. The molecule has 5 N–H and O–H groups in total. The van der Waals surface area contributed by atoms with E-state index in [0.717, 1.165) is 19.5 Å². The molecule has 0 aliphatic carbocycles. The molecule has 0 rings (SSSR count). The van der Waals surface area contributed by atoms with Crippen molar-refractivity contribution in [3.8, 4) is 0 Å². The summed E-state index contributed by atoms with van der Waals surface area (Å²) in [5.41, 5.74) is 11.5. The fraction of sp³-hybridized carbons (Fsp3) is 1.00. The number of hydrogen-bond donors (Lipinski definition) is 3. The zero-order valence-electron chi connectivity index (χ0n) is 9.43. The lowest BCUT2D eigenvalue weighted by molar-refractivity contribution is 0.267. The molecule has 3 heteroatoms. The van der Waals surface area contributed by atoms with Crippen molar-refractivity contribution in [3.05, 3.63) is 0 Å². The van der Waals surface area contributed by atoms with Gasteiger partial charge in [0.2, 0.25) is 0 Å². The first-order chi connectivity index (χ1) is 5.91. The minimum absolute atomic E-state index is 0.00331. The molecule has 0 heterocycles. The van der Waals surface area contributed by atoms with E-state index in [1.54, 1.807) is 0 Å². The first-order valence-corrected chi connectivity index (χ1v) is 5.12. The van der Waals surface area contributed by atoms with Crippen LogP contribution in [0.1, 0.15) is 34.1 Å². The normalized spacial score (nSPS) is 15.0. The Balaban J connectivity index is 3.91. The molecule has 0 aromatic carbocycles. The van der Waals surface area contributed by atoms with Crippen molar-refractivity contribution in [2.24, 2.45) is 17.4 Å². The SMILES string of the molecule is CC(C)C(N)C(C)(C)NCCCN. The van der Waals surface area contributed by atoms with Gasteiger partial charge >= 0.3 is 0 Å². The average molecular weight is 187 g/mol. The highest BCUT2D eigenvalue weighted by molar-refractivity contribution is 4.90. The van der Waals surface area contributed by atoms with Crippen LogP contribution in [0.5, 0.6) is 0 Å². The maximum absolute atomic E-state index is 6.08. The van der Waals surface area contributed by atoms with E-state index < -0.39 is 0 Å². The summed E-state index contributed by atoms with van der Waals surface area (Å²) in [7, 11) is 0. The molecule has 0 bridgehead atoms. The van der Waals surface area contributed by atoms with Crippen LogP contribution in [0.15, 0.2) is 0 Å². The maximum Gasteiger partial charge on any atom is 0.0278 e. The van der Waals surface area contributed by atoms with Crippen molar-refractivity contribution in [2.75, 3.05) is 13.1 Å². The summed E-state index contributed by atoms with van der Waals surface area (Å²) in [5.74, 6) is 0.500. The van der Waals surface area contributed by atoms with Gasteiger partial charge in [0.15, 0.2) is 0 Å². The van der Waals surface area contributed by atoms with E-state index in [2.05, 4.69) is 33.0 Å². The molecule has 0 amide bonds. The number of nitrogens with two attached hydrogens (primary N) is 2. The van der Waals surface area contributed by atoms with Gasteiger partial charge in [-0.15, -0.1) is 0 Å². The van der Waals surface area contributed by atoms with E-state index >= 15 is 0 Å². The standard InChI is InChI=1S/C10H25N3/c1-8(2)9(12)10(3,4)13-7-5-6-11/h8-9,13H,5-7,11-12H2,1-4H3. The Morgan fingerprint density at radius 2 is 1.85 bits per heavy atom. The number of hydrogen-bond acceptors (Lipinski definition) is 3. The van der Waals surface area contributed by atoms with Gasteiger partial charge in [-0.2, -0.15) is 0 Å². The van der Waals surface area contributed by atoms with Crippen LogP contribution in [0.2, 0.25) is 0 Å². The van der Waals surface area contributed by atoms with Crippen LogP contribution in [-0.2, 0) is 0 Å². The zero-order chi connectivity index (χ0) is 10.5. The Labute approximate surface area is 82.3 Å². The second-order valence-electron chi connectivity index (χ2n) is 4.56. The predicted octanol–water partition coefficient (Wildman–Crippen LogP) is 0.687. The molecule has 0 fully saturated rings. The average Bonchev–Trinajstić information content (AvgIpc) is 2.03. The summed E-state index contributed by atoms with van der Waals surface area (Å²) >= 11 is 0. The van der Waals surface area contributed by atoms with E-state index in [1.165, 1.54) is 0 Å². The molecular weight excluding hydrogens is 162 g/mol. The summed E-state index contributed by atoms with van der Waals surface area (Å²) < 4.78 is 0. The van der Waals surface area contributed by atoms with Crippen molar-refractivity contribution in [3.63, 3.8) is 0 Å². The lowest BCUT2D eigenvalue weighted by Crippen LogP contribution is -2.56.